The standard InChI is InChI=1S/C16H21F4N/c1-2-9-21-15(11-5-3-4-6-11)12-7-8-14(17)13(10-12)16(18,19)20/h7-8,10-11,15,21H,2-6,9H2,1H3. The van der Waals surface area contributed by atoms with E-state index in [1.165, 1.54) is 6.07 Å². The summed E-state index contributed by atoms with van der Waals surface area (Å²) in [6, 6.07) is 3.28. The van der Waals surface area contributed by atoms with Crippen LogP contribution in [-0.4, -0.2) is 6.54 Å². The first-order valence-electron chi connectivity index (χ1n) is 7.53. The Morgan fingerprint density at radius 1 is 1.24 bits per heavy atom. The molecule has 1 unspecified atom stereocenters. The van der Waals surface area contributed by atoms with Gasteiger partial charge in [0.1, 0.15) is 5.82 Å². The molecule has 118 valence electrons. The van der Waals surface area contributed by atoms with Gasteiger partial charge in [0, 0.05) is 6.04 Å². The highest BCUT2D eigenvalue weighted by atomic mass is 19.4. The molecular weight excluding hydrogens is 282 g/mol. The predicted molar refractivity (Wildman–Crippen MR) is 74.4 cm³/mol. The number of hydrogen-bond donors (Lipinski definition) is 1. The van der Waals surface area contributed by atoms with Crippen molar-refractivity contribution in [2.75, 3.05) is 6.54 Å². The van der Waals surface area contributed by atoms with E-state index in [1.807, 2.05) is 6.92 Å². The highest BCUT2D eigenvalue weighted by molar-refractivity contribution is 5.30. The number of alkyl halides is 3. The molecule has 1 N–H and O–H groups in total. The van der Waals surface area contributed by atoms with Crippen molar-refractivity contribution >= 4 is 0 Å². The third kappa shape index (κ3) is 3.96. The van der Waals surface area contributed by atoms with E-state index in [1.54, 1.807) is 0 Å². The Bertz CT molecular complexity index is 464. The summed E-state index contributed by atoms with van der Waals surface area (Å²) in [5.74, 6) is -0.866. The van der Waals surface area contributed by atoms with Gasteiger partial charge in [0.15, 0.2) is 0 Å². The molecular formula is C16H21F4N. The molecule has 5 heteroatoms. The fourth-order valence-corrected chi connectivity index (χ4v) is 3.10. The molecule has 0 aliphatic heterocycles. The number of benzene rings is 1. The zero-order valence-electron chi connectivity index (χ0n) is 12.1. The molecule has 1 aliphatic carbocycles. The lowest BCUT2D eigenvalue weighted by molar-refractivity contribution is -0.140. The smallest absolute Gasteiger partial charge is 0.310 e. The average molecular weight is 303 g/mol. The largest absolute Gasteiger partial charge is 0.419 e. The van der Waals surface area contributed by atoms with Crippen molar-refractivity contribution < 1.29 is 17.6 Å². The summed E-state index contributed by atoms with van der Waals surface area (Å²) in [6.45, 7) is 2.77. The first-order chi connectivity index (χ1) is 9.93. The maximum Gasteiger partial charge on any atom is 0.419 e. The molecule has 1 aliphatic rings. The summed E-state index contributed by atoms with van der Waals surface area (Å²) >= 11 is 0. The van der Waals surface area contributed by atoms with E-state index < -0.39 is 17.6 Å². The van der Waals surface area contributed by atoms with Crippen LogP contribution in [0.2, 0.25) is 0 Å². The van der Waals surface area contributed by atoms with Gasteiger partial charge in [-0.05, 0) is 49.4 Å². The minimum Gasteiger partial charge on any atom is -0.310 e. The summed E-state index contributed by atoms with van der Waals surface area (Å²) in [5, 5.41) is 3.34. The van der Waals surface area contributed by atoms with Gasteiger partial charge in [0.2, 0.25) is 0 Å². The molecule has 21 heavy (non-hydrogen) atoms. The van der Waals surface area contributed by atoms with Crippen LogP contribution in [0.4, 0.5) is 17.6 Å². The van der Waals surface area contributed by atoms with Crippen LogP contribution in [-0.2, 0) is 6.18 Å². The molecule has 2 rings (SSSR count). The van der Waals surface area contributed by atoms with E-state index in [0.29, 0.717) is 11.5 Å². The van der Waals surface area contributed by atoms with E-state index in [4.69, 9.17) is 0 Å². The summed E-state index contributed by atoms with van der Waals surface area (Å²) in [5.41, 5.74) is -0.620. The van der Waals surface area contributed by atoms with Gasteiger partial charge in [0.25, 0.3) is 0 Å². The number of halogens is 4. The van der Waals surface area contributed by atoms with Crippen LogP contribution in [0.3, 0.4) is 0 Å². The minimum atomic E-state index is -4.65. The van der Waals surface area contributed by atoms with Crippen LogP contribution in [0.15, 0.2) is 18.2 Å². The summed E-state index contributed by atoms with van der Waals surface area (Å²) in [7, 11) is 0. The predicted octanol–water partition coefficient (Wildman–Crippen LogP) is 5.08. The zero-order valence-corrected chi connectivity index (χ0v) is 12.1. The lowest BCUT2D eigenvalue weighted by Crippen LogP contribution is -2.28. The van der Waals surface area contributed by atoms with Gasteiger partial charge in [-0.25, -0.2) is 4.39 Å². The monoisotopic (exact) mass is 303 g/mol. The van der Waals surface area contributed by atoms with Crippen molar-refractivity contribution in [3.63, 3.8) is 0 Å². The second-order valence-corrected chi connectivity index (χ2v) is 5.71. The Labute approximate surface area is 122 Å². The Kier molecular flexibility index (Phi) is 5.25. The quantitative estimate of drug-likeness (QED) is 0.748. The van der Waals surface area contributed by atoms with Gasteiger partial charge in [-0.1, -0.05) is 25.8 Å². The van der Waals surface area contributed by atoms with Gasteiger partial charge in [-0.15, -0.1) is 0 Å². The lowest BCUT2D eigenvalue weighted by atomic mass is 9.90. The van der Waals surface area contributed by atoms with Gasteiger partial charge in [-0.3, -0.25) is 0 Å². The first-order valence-corrected chi connectivity index (χ1v) is 7.53. The number of hydrogen-bond acceptors (Lipinski definition) is 1. The second-order valence-electron chi connectivity index (χ2n) is 5.71. The van der Waals surface area contributed by atoms with Crippen LogP contribution < -0.4 is 5.32 Å². The van der Waals surface area contributed by atoms with E-state index in [9.17, 15) is 17.6 Å². The molecule has 0 saturated heterocycles. The van der Waals surface area contributed by atoms with Gasteiger partial charge in [-0.2, -0.15) is 13.2 Å². The van der Waals surface area contributed by atoms with E-state index >= 15 is 0 Å². The summed E-state index contributed by atoms with van der Waals surface area (Å²) < 4.78 is 52.0. The second kappa shape index (κ2) is 6.77. The third-order valence-electron chi connectivity index (χ3n) is 4.14. The van der Waals surface area contributed by atoms with E-state index in [2.05, 4.69) is 5.32 Å². The molecule has 0 spiro atoms. The van der Waals surface area contributed by atoms with Crippen LogP contribution >= 0.6 is 0 Å². The fourth-order valence-electron chi connectivity index (χ4n) is 3.10. The molecule has 0 heterocycles. The molecule has 1 nitrogen and oxygen atoms in total. The molecule has 1 atom stereocenters. The van der Waals surface area contributed by atoms with Crippen LogP contribution in [0.5, 0.6) is 0 Å². The first kappa shape index (κ1) is 16.3. The third-order valence-corrected chi connectivity index (χ3v) is 4.14. The molecule has 0 radical (unpaired) electrons. The minimum absolute atomic E-state index is 0.117. The van der Waals surface area contributed by atoms with Crippen molar-refractivity contribution in [2.45, 2.75) is 51.2 Å². The van der Waals surface area contributed by atoms with Crippen molar-refractivity contribution in [1.29, 1.82) is 0 Å². The highest BCUT2D eigenvalue weighted by Gasteiger charge is 2.35. The summed E-state index contributed by atoms with van der Waals surface area (Å²) in [4.78, 5) is 0. The SMILES string of the molecule is CCCNC(c1ccc(F)c(C(F)(F)F)c1)C1CCCC1. The molecule has 0 aromatic heterocycles. The topological polar surface area (TPSA) is 12.0 Å². The van der Waals surface area contributed by atoms with Gasteiger partial charge < -0.3 is 5.32 Å². The Hall–Kier alpha value is -1.10. The maximum absolute atomic E-state index is 13.4. The molecule has 1 saturated carbocycles. The average Bonchev–Trinajstić information content (AvgIpc) is 2.93. The van der Waals surface area contributed by atoms with Crippen molar-refractivity contribution in [1.82, 2.24) is 5.32 Å². The van der Waals surface area contributed by atoms with Crippen LogP contribution in [0, 0.1) is 11.7 Å². The van der Waals surface area contributed by atoms with Gasteiger partial charge in [0.05, 0.1) is 5.56 Å². The Morgan fingerprint density at radius 2 is 1.90 bits per heavy atom. The molecule has 0 amide bonds. The zero-order chi connectivity index (χ0) is 15.5. The number of nitrogens with one attached hydrogen (secondary N) is 1. The molecule has 1 aromatic rings. The maximum atomic E-state index is 13.4. The number of rotatable bonds is 5. The fraction of sp³-hybridized carbons (Fsp3) is 0.625. The normalized spacial score (nSPS) is 18.1. The molecule has 1 fully saturated rings. The van der Waals surface area contributed by atoms with Crippen LogP contribution in [0.1, 0.15) is 56.2 Å². The van der Waals surface area contributed by atoms with Crippen molar-refractivity contribution in [3.05, 3.63) is 35.1 Å². The lowest BCUT2D eigenvalue weighted by Gasteiger charge is -2.26. The highest BCUT2D eigenvalue weighted by Crippen LogP contribution is 2.38. The Balaban J connectivity index is 2.30. The van der Waals surface area contributed by atoms with E-state index in [-0.39, 0.29) is 6.04 Å². The Morgan fingerprint density at radius 3 is 2.48 bits per heavy atom. The van der Waals surface area contributed by atoms with Crippen LogP contribution in [0.25, 0.3) is 0 Å². The van der Waals surface area contributed by atoms with Crippen molar-refractivity contribution in [2.24, 2.45) is 5.92 Å². The van der Waals surface area contributed by atoms with Crippen molar-refractivity contribution in [3.8, 4) is 0 Å². The molecule has 0 bridgehead atoms. The van der Waals surface area contributed by atoms with Gasteiger partial charge >= 0.3 is 6.18 Å². The van der Waals surface area contributed by atoms with E-state index in [0.717, 1.165) is 50.8 Å². The summed E-state index contributed by atoms with van der Waals surface area (Å²) in [6.07, 6.45) is 0.520. The molecule has 1 aromatic carbocycles.